The lowest BCUT2D eigenvalue weighted by Crippen LogP contribution is -1.88. The van der Waals surface area contributed by atoms with Crippen LogP contribution < -0.4 is 0 Å². The third-order valence-electron chi connectivity index (χ3n) is 2.63. The SMILES string of the molecule is N#Cc1ccc([C@@H]2C[C@H]2CO)cc1. The second kappa shape index (κ2) is 3.20. The predicted molar refractivity (Wildman–Crippen MR) is 49.1 cm³/mol. The molecule has 0 bridgehead atoms. The van der Waals surface area contributed by atoms with Gasteiger partial charge in [-0.05, 0) is 36.0 Å². The van der Waals surface area contributed by atoms with Crippen LogP contribution in [0, 0.1) is 17.2 Å². The Labute approximate surface area is 77.4 Å². The second-order valence-corrected chi connectivity index (χ2v) is 3.52. The Bertz CT molecular complexity index is 336. The summed E-state index contributed by atoms with van der Waals surface area (Å²) in [5.41, 5.74) is 1.95. The highest BCUT2D eigenvalue weighted by molar-refractivity contribution is 5.35. The van der Waals surface area contributed by atoms with Crippen LogP contribution in [0.3, 0.4) is 0 Å². The van der Waals surface area contributed by atoms with Gasteiger partial charge in [0, 0.05) is 6.61 Å². The third kappa shape index (κ3) is 1.56. The first-order valence-corrected chi connectivity index (χ1v) is 4.46. The molecule has 1 aromatic rings. The Balaban J connectivity index is 2.12. The largest absolute Gasteiger partial charge is 0.396 e. The number of hydrogen-bond acceptors (Lipinski definition) is 2. The molecule has 1 aromatic carbocycles. The summed E-state index contributed by atoms with van der Waals surface area (Å²) in [5, 5.41) is 17.5. The minimum atomic E-state index is 0.282. The first kappa shape index (κ1) is 8.28. The van der Waals surface area contributed by atoms with Crippen molar-refractivity contribution in [2.24, 2.45) is 5.92 Å². The zero-order chi connectivity index (χ0) is 9.26. The lowest BCUT2D eigenvalue weighted by molar-refractivity contribution is 0.274. The van der Waals surface area contributed by atoms with Crippen LogP contribution in [0.5, 0.6) is 0 Å². The molecule has 0 heterocycles. The Kier molecular flexibility index (Phi) is 2.03. The minimum Gasteiger partial charge on any atom is -0.396 e. The number of aliphatic hydroxyl groups excluding tert-OH is 1. The van der Waals surface area contributed by atoms with Crippen LogP contribution >= 0.6 is 0 Å². The van der Waals surface area contributed by atoms with Gasteiger partial charge in [0.25, 0.3) is 0 Å². The zero-order valence-corrected chi connectivity index (χ0v) is 7.27. The van der Waals surface area contributed by atoms with Crippen LogP contribution in [-0.2, 0) is 0 Å². The van der Waals surface area contributed by atoms with Crippen LogP contribution in [-0.4, -0.2) is 11.7 Å². The average Bonchev–Trinajstić information content (AvgIpc) is 2.97. The van der Waals surface area contributed by atoms with E-state index in [1.54, 1.807) is 0 Å². The van der Waals surface area contributed by atoms with Crippen molar-refractivity contribution in [3.63, 3.8) is 0 Å². The van der Waals surface area contributed by atoms with Crippen LogP contribution in [0.2, 0.25) is 0 Å². The monoisotopic (exact) mass is 173 g/mol. The van der Waals surface area contributed by atoms with E-state index in [1.807, 2.05) is 24.3 Å². The van der Waals surface area contributed by atoms with E-state index in [1.165, 1.54) is 5.56 Å². The standard InChI is InChI=1S/C11H11NO/c12-6-8-1-3-9(4-2-8)11-5-10(11)7-13/h1-4,10-11,13H,5,7H2/t10-,11-/m0/s1. The van der Waals surface area contributed by atoms with E-state index in [-0.39, 0.29) is 6.61 Å². The molecule has 1 aliphatic rings. The van der Waals surface area contributed by atoms with E-state index >= 15 is 0 Å². The lowest BCUT2D eigenvalue weighted by Gasteiger charge is -1.97. The van der Waals surface area contributed by atoms with Crippen molar-refractivity contribution in [2.45, 2.75) is 12.3 Å². The van der Waals surface area contributed by atoms with Gasteiger partial charge in [0.1, 0.15) is 0 Å². The van der Waals surface area contributed by atoms with E-state index in [0.29, 0.717) is 17.4 Å². The lowest BCUT2D eigenvalue weighted by atomic mass is 10.1. The fourth-order valence-electron chi connectivity index (χ4n) is 1.66. The molecule has 0 aromatic heterocycles. The molecule has 0 spiro atoms. The van der Waals surface area contributed by atoms with E-state index in [9.17, 15) is 0 Å². The van der Waals surface area contributed by atoms with Gasteiger partial charge in [-0.1, -0.05) is 12.1 Å². The van der Waals surface area contributed by atoms with E-state index in [2.05, 4.69) is 6.07 Å². The number of aliphatic hydroxyl groups is 1. The summed E-state index contributed by atoms with van der Waals surface area (Å²) in [5.74, 6) is 0.977. The van der Waals surface area contributed by atoms with Gasteiger partial charge in [0.15, 0.2) is 0 Å². The second-order valence-electron chi connectivity index (χ2n) is 3.52. The first-order chi connectivity index (χ1) is 6.35. The molecule has 0 unspecified atom stereocenters. The fourth-order valence-corrected chi connectivity index (χ4v) is 1.66. The van der Waals surface area contributed by atoms with E-state index in [4.69, 9.17) is 10.4 Å². The molecule has 1 N–H and O–H groups in total. The summed E-state index contributed by atoms with van der Waals surface area (Å²) in [6.07, 6.45) is 1.09. The highest BCUT2D eigenvalue weighted by Gasteiger charge is 2.37. The summed E-state index contributed by atoms with van der Waals surface area (Å²) in [7, 11) is 0. The van der Waals surface area contributed by atoms with Crippen molar-refractivity contribution in [1.82, 2.24) is 0 Å². The van der Waals surface area contributed by atoms with Crippen LogP contribution in [0.1, 0.15) is 23.5 Å². The minimum absolute atomic E-state index is 0.282. The molecule has 0 saturated heterocycles. The van der Waals surface area contributed by atoms with Crippen LogP contribution in [0.15, 0.2) is 24.3 Å². The van der Waals surface area contributed by atoms with Gasteiger partial charge in [0.05, 0.1) is 11.6 Å². The molecule has 1 aliphatic carbocycles. The molecule has 2 rings (SSSR count). The summed E-state index contributed by atoms with van der Waals surface area (Å²) in [6.45, 7) is 0.282. The van der Waals surface area contributed by atoms with Gasteiger partial charge in [-0.25, -0.2) is 0 Å². The molecule has 2 nitrogen and oxygen atoms in total. The van der Waals surface area contributed by atoms with Gasteiger partial charge in [-0.2, -0.15) is 5.26 Å². The van der Waals surface area contributed by atoms with Crippen molar-refractivity contribution in [2.75, 3.05) is 6.61 Å². The molecule has 0 aliphatic heterocycles. The molecule has 2 atom stereocenters. The Hall–Kier alpha value is -1.33. The first-order valence-electron chi connectivity index (χ1n) is 4.46. The predicted octanol–water partition coefficient (Wildman–Crippen LogP) is 1.65. The Morgan fingerprint density at radius 3 is 2.54 bits per heavy atom. The molecular formula is C11H11NO. The average molecular weight is 173 g/mol. The number of nitriles is 1. The van der Waals surface area contributed by atoms with Crippen molar-refractivity contribution < 1.29 is 5.11 Å². The molecule has 0 radical (unpaired) electrons. The van der Waals surface area contributed by atoms with Gasteiger partial charge >= 0.3 is 0 Å². The van der Waals surface area contributed by atoms with Crippen LogP contribution in [0.25, 0.3) is 0 Å². The van der Waals surface area contributed by atoms with Gasteiger partial charge in [0.2, 0.25) is 0 Å². The highest BCUT2D eigenvalue weighted by atomic mass is 16.3. The van der Waals surface area contributed by atoms with Gasteiger partial charge in [-0.3, -0.25) is 0 Å². The molecule has 1 fully saturated rings. The van der Waals surface area contributed by atoms with E-state index < -0.39 is 0 Å². The van der Waals surface area contributed by atoms with Crippen molar-refractivity contribution in [3.05, 3.63) is 35.4 Å². The third-order valence-corrected chi connectivity index (χ3v) is 2.63. The number of hydrogen-bond donors (Lipinski definition) is 1. The summed E-state index contributed by atoms with van der Waals surface area (Å²) in [4.78, 5) is 0. The molecule has 0 amide bonds. The summed E-state index contributed by atoms with van der Waals surface area (Å²) >= 11 is 0. The zero-order valence-electron chi connectivity index (χ0n) is 7.27. The maximum Gasteiger partial charge on any atom is 0.0991 e. The molecular weight excluding hydrogens is 162 g/mol. The smallest absolute Gasteiger partial charge is 0.0991 e. The number of rotatable bonds is 2. The van der Waals surface area contributed by atoms with Gasteiger partial charge < -0.3 is 5.11 Å². The maximum atomic E-state index is 8.89. The quantitative estimate of drug-likeness (QED) is 0.739. The molecule has 13 heavy (non-hydrogen) atoms. The maximum absolute atomic E-state index is 8.89. The van der Waals surface area contributed by atoms with E-state index in [0.717, 1.165) is 6.42 Å². The Morgan fingerprint density at radius 1 is 1.38 bits per heavy atom. The van der Waals surface area contributed by atoms with Crippen molar-refractivity contribution >= 4 is 0 Å². The topological polar surface area (TPSA) is 44.0 Å². The Morgan fingerprint density at radius 2 is 2.08 bits per heavy atom. The summed E-state index contributed by atoms with van der Waals surface area (Å²) in [6, 6.07) is 9.73. The fraction of sp³-hybridized carbons (Fsp3) is 0.364. The van der Waals surface area contributed by atoms with Crippen molar-refractivity contribution in [3.8, 4) is 6.07 Å². The molecule has 2 heteroatoms. The number of benzene rings is 1. The highest BCUT2D eigenvalue weighted by Crippen LogP contribution is 2.46. The number of nitrogens with zero attached hydrogens (tertiary/aromatic N) is 1. The summed E-state index contributed by atoms with van der Waals surface area (Å²) < 4.78 is 0. The molecule has 1 saturated carbocycles. The van der Waals surface area contributed by atoms with Crippen LogP contribution in [0.4, 0.5) is 0 Å². The normalized spacial score (nSPS) is 25.2. The molecule has 66 valence electrons. The van der Waals surface area contributed by atoms with Gasteiger partial charge in [-0.15, -0.1) is 0 Å². The van der Waals surface area contributed by atoms with Crippen molar-refractivity contribution in [1.29, 1.82) is 5.26 Å².